The molecule has 65 heavy (non-hydrogen) atoms. The second-order valence-corrected chi connectivity index (χ2v) is 18.6. The van der Waals surface area contributed by atoms with Crippen LogP contribution in [0.3, 0.4) is 0 Å². The van der Waals surface area contributed by atoms with E-state index in [-0.39, 0.29) is 36.2 Å². The number of ether oxygens (including phenoxy) is 4. The lowest BCUT2D eigenvalue weighted by Gasteiger charge is -2.30. The monoisotopic (exact) mass is 882 g/mol. The van der Waals surface area contributed by atoms with E-state index in [1.54, 1.807) is 12.0 Å². The van der Waals surface area contributed by atoms with Crippen LogP contribution >= 0.6 is 0 Å². The molecule has 3 aliphatic rings. The maximum Gasteiger partial charge on any atom is 0.410 e. The first kappa shape index (κ1) is 43.5. The molecule has 0 spiro atoms. The summed E-state index contributed by atoms with van der Waals surface area (Å²) in [7, 11) is 2.98. The van der Waals surface area contributed by atoms with E-state index in [4.69, 9.17) is 28.9 Å². The molecule has 3 aromatic carbocycles. The molecular weight excluding hydrogens is 825 g/mol. The van der Waals surface area contributed by atoms with Gasteiger partial charge in [-0.2, -0.15) is 0 Å². The van der Waals surface area contributed by atoms with Crippen LogP contribution in [0.1, 0.15) is 102 Å². The van der Waals surface area contributed by atoms with E-state index in [1.165, 1.54) is 7.11 Å². The molecule has 0 saturated carbocycles. The number of aromatic nitrogens is 5. The maximum atomic E-state index is 13.8. The number of likely N-dealkylation sites (tertiary alicyclic amines) is 2. The molecule has 15 nitrogen and oxygen atoms in total. The molecule has 4 atom stereocenters. The average Bonchev–Trinajstić information content (AvgIpc) is 4.15. The van der Waals surface area contributed by atoms with Gasteiger partial charge in [0.1, 0.15) is 34.8 Å². The van der Waals surface area contributed by atoms with Gasteiger partial charge in [0, 0.05) is 41.6 Å². The summed E-state index contributed by atoms with van der Waals surface area (Å²) < 4.78 is 25.4. The van der Waals surface area contributed by atoms with Gasteiger partial charge < -0.3 is 43.7 Å². The fraction of sp³-hybridized carbons (Fsp3) is 0.420. The van der Waals surface area contributed by atoms with Gasteiger partial charge in [-0.25, -0.2) is 19.6 Å². The van der Waals surface area contributed by atoms with E-state index in [2.05, 4.69) is 74.4 Å². The smallest absolute Gasteiger partial charge is 0.410 e. The molecule has 9 rings (SSSR count). The van der Waals surface area contributed by atoms with Crippen molar-refractivity contribution in [1.82, 2.24) is 39.6 Å². The van der Waals surface area contributed by atoms with Gasteiger partial charge in [-0.3, -0.25) is 9.69 Å². The minimum atomic E-state index is -0.715. The number of hydrogen-bond donors (Lipinski definition) is 3. The van der Waals surface area contributed by atoms with Crippen molar-refractivity contribution in [3.05, 3.63) is 96.3 Å². The number of aromatic amines is 2. The summed E-state index contributed by atoms with van der Waals surface area (Å²) in [5.41, 5.74) is 7.24. The Bertz CT molecular complexity index is 2730. The number of carbonyl (C=O) groups excluding carboxylic acids is 3. The summed E-state index contributed by atoms with van der Waals surface area (Å²) >= 11 is 0. The highest BCUT2D eigenvalue weighted by molar-refractivity contribution is 5.92. The number of nitrogens with zero attached hydrogens (tertiary/aromatic N) is 5. The standard InChI is InChI=1S/C50H58N8O7/c1-29(2)44(55-48(60)63-7)47(59)56-21-9-13-39(56)45-51-28-37(54-45)32-16-18-35-41-25-33-24-31(36-27-52-46(53-36)40-14-10-22-57(40)49(61)65-50(3,4)5)17-19-38(33)58(41)43(64-42(35)26-32)20-15-30-11-8-12-34(23-30)62-6/h8,11-12,16-19,23-29,39-40,43-44H,9-10,13-15,20-22H2,1-7H3,(H,51,54)(H,52,53)(H,55,60). The number of methoxy groups -OCH3 is 2. The Balaban J connectivity index is 1.01. The van der Waals surface area contributed by atoms with Gasteiger partial charge in [-0.05, 0) is 107 Å². The minimum absolute atomic E-state index is 0.128. The molecular formula is C50H58N8O7. The number of fused-ring (bicyclic) bond motifs is 5. The van der Waals surface area contributed by atoms with Crippen LogP contribution in [0.4, 0.5) is 9.59 Å². The molecule has 4 unspecified atom stereocenters. The molecule has 15 heteroatoms. The third-order valence-corrected chi connectivity index (χ3v) is 12.7. The summed E-state index contributed by atoms with van der Waals surface area (Å²) in [4.78, 5) is 59.2. The molecule has 0 aliphatic carbocycles. The highest BCUT2D eigenvalue weighted by Crippen LogP contribution is 2.46. The molecule has 3 aliphatic heterocycles. The third-order valence-electron chi connectivity index (χ3n) is 12.7. The number of H-pyrrole nitrogens is 2. The van der Waals surface area contributed by atoms with Crippen molar-refractivity contribution in [3.63, 3.8) is 0 Å². The summed E-state index contributed by atoms with van der Waals surface area (Å²) in [6, 6.07) is 21.9. The lowest BCUT2D eigenvalue weighted by molar-refractivity contribution is -0.135. The first-order chi connectivity index (χ1) is 31.3. The van der Waals surface area contributed by atoms with Crippen LogP contribution in [0.15, 0.2) is 79.1 Å². The largest absolute Gasteiger partial charge is 0.497 e. The summed E-state index contributed by atoms with van der Waals surface area (Å²) in [5.74, 6) is 2.75. The van der Waals surface area contributed by atoms with Gasteiger partial charge in [0.25, 0.3) is 0 Å². The zero-order valence-corrected chi connectivity index (χ0v) is 38.1. The number of hydrogen-bond acceptors (Lipinski definition) is 9. The molecule has 0 bridgehead atoms. The Hall–Kier alpha value is -6.77. The summed E-state index contributed by atoms with van der Waals surface area (Å²) in [6.07, 6.45) is 7.15. The Labute approximate surface area is 378 Å². The van der Waals surface area contributed by atoms with Gasteiger partial charge in [0.05, 0.1) is 61.3 Å². The van der Waals surface area contributed by atoms with E-state index < -0.39 is 17.7 Å². The average molecular weight is 883 g/mol. The fourth-order valence-electron chi connectivity index (χ4n) is 9.51. The quantitative estimate of drug-likeness (QED) is 0.115. The van der Waals surface area contributed by atoms with Crippen LogP contribution in [0.25, 0.3) is 44.7 Å². The molecule has 2 saturated heterocycles. The zero-order chi connectivity index (χ0) is 45.6. The predicted octanol–water partition coefficient (Wildman–Crippen LogP) is 9.74. The SMILES string of the molecule is COC(=O)NC(C(=O)N1CCCC1c1ncc(-c2ccc3c(c2)OC(CCc2cccc(OC)c2)n2c-3cc3cc(-c4cnc(C5CCCN5C(=O)OC(C)(C)C)[nH]4)ccc32)[nH]1)C(C)C. The molecule has 3 N–H and O–H groups in total. The van der Waals surface area contributed by atoms with E-state index in [0.717, 1.165) is 99.7 Å². The normalized spacial score (nSPS) is 18.6. The van der Waals surface area contributed by atoms with Crippen LogP contribution < -0.4 is 14.8 Å². The van der Waals surface area contributed by atoms with Crippen LogP contribution in [0.2, 0.25) is 0 Å². The van der Waals surface area contributed by atoms with E-state index >= 15 is 0 Å². The maximum absolute atomic E-state index is 13.8. The Morgan fingerprint density at radius 3 is 2.22 bits per heavy atom. The van der Waals surface area contributed by atoms with Crippen molar-refractivity contribution in [2.24, 2.45) is 5.92 Å². The predicted molar refractivity (Wildman–Crippen MR) is 246 cm³/mol. The number of nitrogens with one attached hydrogen (secondary N) is 3. The van der Waals surface area contributed by atoms with Gasteiger partial charge >= 0.3 is 12.2 Å². The van der Waals surface area contributed by atoms with Crippen LogP contribution in [-0.2, 0) is 20.7 Å². The number of benzene rings is 3. The topological polar surface area (TPSA) is 169 Å². The van der Waals surface area contributed by atoms with E-state index in [1.807, 2.05) is 64.0 Å². The molecule has 6 aromatic rings. The Morgan fingerprint density at radius 2 is 1.54 bits per heavy atom. The first-order valence-electron chi connectivity index (χ1n) is 22.6. The van der Waals surface area contributed by atoms with Crippen LogP contribution in [-0.4, -0.2) is 91.3 Å². The van der Waals surface area contributed by atoms with Crippen molar-refractivity contribution >= 4 is 29.0 Å². The second-order valence-electron chi connectivity index (χ2n) is 18.6. The number of alkyl carbamates (subject to hydrolysis) is 1. The first-order valence-corrected chi connectivity index (χ1v) is 22.6. The van der Waals surface area contributed by atoms with Crippen molar-refractivity contribution in [1.29, 1.82) is 0 Å². The van der Waals surface area contributed by atoms with Crippen LogP contribution in [0, 0.1) is 5.92 Å². The van der Waals surface area contributed by atoms with Crippen LogP contribution in [0.5, 0.6) is 11.5 Å². The lowest BCUT2D eigenvalue weighted by atomic mass is 10.0. The summed E-state index contributed by atoms with van der Waals surface area (Å²) in [5, 5.41) is 3.79. The van der Waals surface area contributed by atoms with Crippen molar-refractivity contribution < 1.29 is 33.3 Å². The second kappa shape index (κ2) is 17.7. The highest BCUT2D eigenvalue weighted by atomic mass is 16.6. The van der Waals surface area contributed by atoms with E-state index in [0.29, 0.717) is 25.3 Å². The van der Waals surface area contributed by atoms with Gasteiger partial charge in [-0.15, -0.1) is 0 Å². The number of carbonyl (C=O) groups is 3. The number of aryl methyl sites for hydroxylation is 1. The molecule has 340 valence electrons. The van der Waals surface area contributed by atoms with Gasteiger partial charge in [0.15, 0.2) is 6.23 Å². The fourth-order valence-corrected chi connectivity index (χ4v) is 9.51. The molecule has 2 fully saturated rings. The van der Waals surface area contributed by atoms with E-state index in [9.17, 15) is 14.4 Å². The minimum Gasteiger partial charge on any atom is -0.497 e. The third kappa shape index (κ3) is 8.75. The number of imidazole rings is 2. The van der Waals surface area contributed by atoms with Crippen molar-refractivity contribution in [2.75, 3.05) is 27.3 Å². The highest BCUT2D eigenvalue weighted by Gasteiger charge is 2.38. The molecule has 3 amide bonds. The summed E-state index contributed by atoms with van der Waals surface area (Å²) in [6.45, 7) is 10.7. The number of amides is 3. The van der Waals surface area contributed by atoms with Gasteiger partial charge in [-0.1, -0.05) is 38.1 Å². The molecule has 3 aromatic heterocycles. The molecule has 6 heterocycles. The van der Waals surface area contributed by atoms with Gasteiger partial charge in [0.2, 0.25) is 5.91 Å². The molecule has 0 radical (unpaired) electrons. The Morgan fingerprint density at radius 1 is 0.862 bits per heavy atom. The van der Waals surface area contributed by atoms with Crippen molar-refractivity contribution in [2.45, 2.75) is 103 Å². The number of rotatable bonds is 11. The lowest BCUT2D eigenvalue weighted by Crippen LogP contribution is -2.51. The van der Waals surface area contributed by atoms with Crippen molar-refractivity contribution in [3.8, 4) is 45.3 Å². The zero-order valence-electron chi connectivity index (χ0n) is 38.1. The Kier molecular flexibility index (Phi) is 11.8.